The van der Waals surface area contributed by atoms with E-state index >= 15 is 0 Å². The molecule has 12 nitrogen and oxygen atoms in total. The Morgan fingerprint density at radius 3 is 2.57 bits per heavy atom. The van der Waals surface area contributed by atoms with E-state index in [0.717, 1.165) is 24.8 Å². The molecule has 3 saturated carbocycles. The van der Waals surface area contributed by atoms with Crippen molar-refractivity contribution in [2.24, 2.45) is 17.8 Å². The lowest BCUT2D eigenvalue weighted by Crippen LogP contribution is -2.55. The number of ether oxygens (including phenoxy) is 2. The number of aromatic nitrogens is 2. The van der Waals surface area contributed by atoms with Gasteiger partial charge >= 0.3 is 0 Å². The molecule has 0 unspecified atom stereocenters. The van der Waals surface area contributed by atoms with Gasteiger partial charge in [-0.1, -0.05) is 42.5 Å². The summed E-state index contributed by atoms with van der Waals surface area (Å²) in [4.78, 5) is 52.0. The van der Waals surface area contributed by atoms with Gasteiger partial charge in [-0.2, -0.15) is 4.98 Å². The van der Waals surface area contributed by atoms with E-state index in [4.69, 9.17) is 9.47 Å². The molecule has 2 aromatic rings. The molecular weight excluding hydrogens is 610 g/mol. The van der Waals surface area contributed by atoms with Crippen LogP contribution in [0.2, 0.25) is 0 Å². The van der Waals surface area contributed by atoms with Crippen molar-refractivity contribution in [1.29, 1.82) is 0 Å². The van der Waals surface area contributed by atoms with Crippen LogP contribution in [0.5, 0.6) is 11.6 Å². The monoisotopic (exact) mass is 651 g/mol. The van der Waals surface area contributed by atoms with E-state index in [9.17, 15) is 22.8 Å². The number of carbonyl (C=O) groups is 3. The SMILES string of the molecule is COc1nc(-c2ccccc2)ncc1O[C@@H]1C[C@H]2C(=O)N[C@@]3(C(=O)NS(=O)(=O)C4(C)CC4)C[C@@H]3/C=C/CCCCN(C)C(=O)[C@@H]2C1. The molecule has 0 bridgehead atoms. The lowest BCUT2D eigenvalue weighted by molar-refractivity contribution is -0.140. The van der Waals surface area contributed by atoms with Crippen LogP contribution in [0.25, 0.3) is 11.4 Å². The number of rotatable bonds is 7. The van der Waals surface area contributed by atoms with Crippen LogP contribution in [0.4, 0.5) is 0 Å². The summed E-state index contributed by atoms with van der Waals surface area (Å²) in [6, 6.07) is 9.45. The Morgan fingerprint density at radius 2 is 1.85 bits per heavy atom. The van der Waals surface area contributed by atoms with Gasteiger partial charge in [-0.05, 0) is 58.3 Å². The number of benzene rings is 1. The largest absolute Gasteiger partial charge is 0.483 e. The predicted molar refractivity (Wildman–Crippen MR) is 169 cm³/mol. The second-order valence-electron chi connectivity index (χ2n) is 13.2. The second-order valence-corrected chi connectivity index (χ2v) is 15.4. The molecule has 2 N–H and O–H groups in total. The zero-order valence-electron chi connectivity index (χ0n) is 26.4. The molecule has 1 aliphatic heterocycles. The highest BCUT2D eigenvalue weighted by molar-refractivity contribution is 7.91. The fraction of sp³-hybridized carbons (Fsp3) is 0.545. The van der Waals surface area contributed by atoms with Crippen molar-refractivity contribution in [3.05, 3.63) is 48.7 Å². The van der Waals surface area contributed by atoms with Gasteiger partial charge in [-0.15, -0.1) is 0 Å². The maximum atomic E-state index is 14.0. The summed E-state index contributed by atoms with van der Waals surface area (Å²) in [6.45, 7) is 2.16. The average molecular weight is 652 g/mol. The molecule has 6 rings (SSSR count). The van der Waals surface area contributed by atoms with Crippen LogP contribution in [-0.2, 0) is 24.4 Å². The fourth-order valence-corrected chi connectivity index (χ4v) is 7.79. The Labute approximate surface area is 269 Å². The fourth-order valence-electron chi connectivity index (χ4n) is 6.48. The summed E-state index contributed by atoms with van der Waals surface area (Å²) >= 11 is 0. The first-order valence-corrected chi connectivity index (χ1v) is 17.4. The van der Waals surface area contributed by atoms with Gasteiger partial charge in [-0.3, -0.25) is 19.1 Å². The third-order valence-corrected chi connectivity index (χ3v) is 12.0. The van der Waals surface area contributed by atoms with Crippen molar-refractivity contribution < 1.29 is 32.3 Å². The molecular formula is C33H41N5O7S. The number of sulfonamides is 1. The zero-order valence-corrected chi connectivity index (χ0v) is 27.2. The van der Waals surface area contributed by atoms with Gasteiger partial charge in [0.15, 0.2) is 11.6 Å². The quantitative estimate of drug-likeness (QED) is 0.430. The minimum atomic E-state index is -3.91. The normalized spacial score (nSPS) is 29.8. The number of amides is 3. The number of nitrogens with zero attached hydrogens (tertiary/aromatic N) is 3. The van der Waals surface area contributed by atoms with Crippen molar-refractivity contribution >= 4 is 27.7 Å². The van der Waals surface area contributed by atoms with Gasteiger partial charge in [0.25, 0.3) is 11.8 Å². The van der Waals surface area contributed by atoms with E-state index in [0.29, 0.717) is 31.0 Å². The van der Waals surface area contributed by atoms with Crippen LogP contribution in [0.15, 0.2) is 48.7 Å². The van der Waals surface area contributed by atoms with Gasteiger partial charge in [-0.25, -0.2) is 13.4 Å². The molecule has 2 heterocycles. The molecule has 13 heteroatoms. The minimum Gasteiger partial charge on any atom is -0.483 e. The van der Waals surface area contributed by atoms with Crippen LogP contribution in [0.1, 0.15) is 58.3 Å². The molecule has 1 aromatic heterocycles. The van der Waals surface area contributed by atoms with Crippen molar-refractivity contribution in [2.75, 3.05) is 20.7 Å². The van der Waals surface area contributed by atoms with Crippen molar-refractivity contribution in [3.8, 4) is 23.0 Å². The Hall–Kier alpha value is -4.00. The second kappa shape index (κ2) is 12.3. The van der Waals surface area contributed by atoms with E-state index in [1.807, 2.05) is 42.5 Å². The zero-order chi connectivity index (χ0) is 32.7. The number of allylic oxidation sites excluding steroid dienone is 1. The molecule has 0 spiro atoms. The summed E-state index contributed by atoms with van der Waals surface area (Å²) in [5.41, 5.74) is -0.591. The molecule has 46 heavy (non-hydrogen) atoms. The highest BCUT2D eigenvalue weighted by atomic mass is 32.2. The summed E-state index contributed by atoms with van der Waals surface area (Å²) < 4.78 is 39.0. The van der Waals surface area contributed by atoms with Crippen molar-refractivity contribution in [2.45, 2.75) is 74.7 Å². The summed E-state index contributed by atoms with van der Waals surface area (Å²) in [6.07, 6.45) is 8.93. The van der Waals surface area contributed by atoms with Gasteiger partial charge < -0.3 is 19.7 Å². The van der Waals surface area contributed by atoms with E-state index in [2.05, 4.69) is 20.0 Å². The van der Waals surface area contributed by atoms with Gasteiger partial charge in [0.2, 0.25) is 21.8 Å². The first-order valence-electron chi connectivity index (χ1n) is 15.9. The number of carbonyl (C=O) groups excluding carboxylic acids is 3. The molecule has 4 aliphatic rings. The first kappa shape index (κ1) is 32.0. The van der Waals surface area contributed by atoms with Crippen molar-refractivity contribution in [3.63, 3.8) is 0 Å². The Balaban J connectivity index is 1.25. The molecule has 0 saturated heterocycles. The van der Waals surface area contributed by atoms with Crippen LogP contribution in [0, 0.1) is 17.8 Å². The van der Waals surface area contributed by atoms with Gasteiger partial charge in [0.1, 0.15) is 11.6 Å². The van der Waals surface area contributed by atoms with E-state index in [1.165, 1.54) is 13.3 Å². The average Bonchev–Trinajstić information content (AvgIpc) is 3.92. The highest BCUT2D eigenvalue weighted by Gasteiger charge is 2.63. The first-order chi connectivity index (χ1) is 22.0. The Morgan fingerprint density at radius 1 is 1.11 bits per heavy atom. The standard InChI is InChI=1S/C33H41N5O7S/c1-32(14-15-32)46(42,43)37-31(41)33-19-22(33)13-9-4-5-10-16-38(2)30(40)25-18-23(17-24(25)28(39)36-33)45-26-20-34-27(35-29(26)44-3)21-11-7-6-8-12-21/h6-9,11-13,20,22-25H,4-5,10,14-19H2,1-3H3,(H,36,39)(H,37,41)/b13-9+/t22-,23+,24+,25+,33-/m0/s1. The molecule has 3 aliphatic carbocycles. The number of methoxy groups -OCH3 is 1. The number of hydrogen-bond donors (Lipinski definition) is 2. The molecule has 1 aromatic carbocycles. The summed E-state index contributed by atoms with van der Waals surface area (Å²) in [5, 5.41) is 2.91. The molecule has 3 fully saturated rings. The predicted octanol–water partition coefficient (Wildman–Crippen LogP) is 3.00. The molecule has 246 valence electrons. The number of fused-ring (bicyclic) bond motifs is 2. The van der Waals surface area contributed by atoms with Crippen LogP contribution in [0.3, 0.4) is 0 Å². The molecule has 3 amide bonds. The minimum absolute atomic E-state index is 0.170. The summed E-state index contributed by atoms with van der Waals surface area (Å²) in [5.74, 6) is -2.24. The van der Waals surface area contributed by atoms with Crippen molar-refractivity contribution in [1.82, 2.24) is 24.9 Å². The Kier molecular flexibility index (Phi) is 8.55. The van der Waals surface area contributed by atoms with E-state index < -0.39 is 50.1 Å². The maximum absolute atomic E-state index is 14.0. The third-order valence-electron chi connectivity index (χ3n) is 9.87. The lowest BCUT2D eigenvalue weighted by Gasteiger charge is -2.27. The van der Waals surface area contributed by atoms with Gasteiger partial charge in [0.05, 0.1) is 29.9 Å². The Bertz CT molecular complexity index is 1640. The highest BCUT2D eigenvalue weighted by Crippen LogP contribution is 2.48. The van der Waals surface area contributed by atoms with Crippen LogP contribution in [-0.4, -0.2) is 78.1 Å². The topological polar surface area (TPSA) is 157 Å². The van der Waals surface area contributed by atoms with Gasteiger partial charge in [0, 0.05) is 25.1 Å². The van der Waals surface area contributed by atoms with Crippen LogP contribution < -0.4 is 19.5 Å². The van der Waals surface area contributed by atoms with E-state index in [1.54, 1.807) is 18.9 Å². The number of nitrogens with one attached hydrogen (secondary N) is 2. The number of hydrogen-bond acceptors (Lipinski definition) is 9. The summed E-state index contributed by atoms with van der Waals surface area (Å²) in [7, 11) is -0.688. The lowest BCUT2D eigenvalue weighted by atomic mass is 9.93. The maximum Gasteiger partial charge on any atom is 0.260 e. The van der Waals surface area contributed by atoms with Crippen LogP contribution >= 0.6 is 0 Å². The molecule has 5 atom stereocenters. The third kappa shape index (κ3) is 6.21. The smallest absolute Gasteiger partial charge is 0.260 e. The van der Waals surface area contributed by atoms with E-state index in [-0.39, 0.29) is 37.0 Å². The molecule has 0 radical (unpaired) electrons.